The summed E-state index contributed by atoms with van der Waals surface area (Å²) in [6.07, 6.45) is -3.03. The van der Waals surface area contributed by atoms with Gasteiger partial charge >= 0.3 is 10.3 Å². The van der Waals surface area contributed by atoms with Gasteiger partial charge in [0, 0.05) is 0 Å². The van der Waals surface area contributed by atoms with E-state index >= 15 is 0 Å². The van der Waals surface area contributed by atoms with Gasteiger partial charge < -0.3 is 18.9 Å². The van der Waals surface area contributed by atoms with Crippen LogP contribution in [-0.4, -0.2) is 51.5 Å². The van der Waals surface area contributed by atoms with Crippen LogP contribution in [-0.2, 0) is 33.4 Å². The molecule has 0 amide bonds. The van der Waals surface area contributed by atoms with E-state index in [0.717, 1.165) is 0 Å². The predicted octanol–water partition coefficient (Wildman–Crippen LogP) is -1.15. The van der Waals surface area contributed by atoms with Crippen LogP contribution in [0.15, 0.2) is 0 Å². The maximum absolute atomic E-state index is 11.1. The largest absolute Gasteiger partial charge is 0.347 e. The van der Waals surface area contributed by atoms with Gasteiger partial charge in [0.2, 0.25) is 0 Å². The van der Waals surface area contributed by atoms with Crippen molar-refractivity contribution in [3.63, 3.8) is 0 Å². The lowest BCUT2D eigenvalue weighted by Crippen LogP contribution is -2.54. The van der Waals surface area contributed by atoms with Crippen LogP contribution in [0.2, 0.25) is 0 Å². The zero-order chi connectivity index (χ0) is 13.1. The second-order valence-corrected chi connectivity index (χ2v) is 6.17. The van der Waals surface area contributed by atoms with Gasteiger partial charge in [-0.15, -0.1) is 0 Å². The number of fused-ring (bicyclic) bond motifs is 4. The molecule has 0 aromatic carbocycles. The van der Waals surface area contributed by atoms with Crippen LogP contribution in [0, 0.1) is 0 Å². The molecule has 5 atom stereocenters. The summed E-state index contributed by atoms with van der Waals surface area (Å²) in [7, 11) is -4.10. The Hall–Kier alpha value is -0.290. The van der Waals surface area contributed by atoms with E-state index in [9.17, 15) is 8.42 Å². The molecule has 0 unspecified atom stereocenters. The highest BCUT2D eigenvalue weighted by Gasteiger charge is 2.59. The molecule has 3 aliphatic rings. The monoisotopic (exact) mass is 281 g/mol. The van der Waals surface area contributed by atoms with Crippen molar-refractivity contribution in [1.29, 1.82) is 0 Å². The fraction of sp³-hybridized carbons (Fsp3) is 1.00. The summed E-state index contributed by atoms with van der Waals surface area (Å²) in [6.45, 7) is 3.69. The second kappa shape index (κ2) is 3.85. The topological polar surface area (TPSA) is 106 Å². The summed E-state index contributed by atoms with van der Waals surface area (Å²) in [6, 6.07) is 0. The van der Waals surface area contributed by atoms with Crippen molar-refractivity contribution in [1.82, 2.24) is 0 Å². The molecular formula is C9H15NO7S. The van der Waals surface area contributed by atoms with Crippen molar-refractivity contribution in [2.45, 2.75) is 50.3 Å². The standard InChI is InChI=1S/C9H15NO7S/c1-9(2)15-6-5(17-18(10,11)12)4-3-13-8(14-4)7(6)16-9/h4-8H,3H2,1-2H3,(H2,10,11,12)/t4-,5-,6+,7+,8-/m1/s1. The van der Waals surface area contributed by atoms with Gasteiger partial charge in [0.05, 0.1) is 6.61 Å². The van der Waals surface area contributed by atoms with Gasteiger partial charge in [0.1, 0.15) is 24.4 Å². The first-order chi connectivity index (χ1) is 8.25. The molecule has 0 aliphatic carbocycles. The average Bonchev–Trinajstić information content (AvgIpc) is 2.74. The average molecular weight is 281 g/mol. The third kappa shape index (κ3) is 2.16. The smallest absolute Gasteiger partial charge is 0.333 e. The Morgan fingerprint density at radius 1 is 1.28 bits per heavy atom. The van der Waals surface area contributed by atoms with Crippen molar-refractivity contribution in [2.75, 3.05) is 6.61 Å². The lowest BCUT2D eigenvalue weighted by molar-refractivity contribution is -0.195. The third-order valence-corrected chi connectivity index (χ3v) is 3.59. The van der Waals surface area contributed by atoms with Crippen LogP contribution in [0.25, 0.3) is 0 Å². The van der Waals surface area contributed by atoms with Crippen molar-refractivity contribution in [2.24, 2.45) is 5.14 Å². The molecule has 0 radical (unpaired) electrons. The quantitative estimate of drug-likeness (QED) is 0.681. The Morgan fingerprint density at radius 2 is 1.94 bits per heavy atom. The van der Waals surface area contributed by atoms with Crippen LogP contribution in [0.5, 0.6) is 0 Å². The molecule has 2 bridgehead atoms. The Kier molecular flexibility index (Phi) is 2.73. The van der Waals surface area contributed by atoms with Crippen LogP contribution in [0.4, 0.5) is 0 Å². The first-order valence-corrected chi connectivity index (χ1v) is 7.06. The Labute approximate surface area is 105 Å². The van der Waals surface area contributed by atoms with E-state index in [1.807, 2.05) is 0 Å². The molecule has 3 rings (SSSR count). The molecule has 0 aromatic rings. The fourth-order valence-corrected chi connectivity index (χ4v) is 3.09. The number of rotatable bonds is 2. The van der Waals surface area contributed by atoms with Gasteiger partial charge in [-0.05, 0) is 13.8 Å². The summed E-state index contributed by atoms with van der Waals surface area (Å²) >= 11 is 0. The van der Waals surface area contributed by atoms with Crippen LogP contribution >= 0.6 is 0 Å². The first kappa shape index (κ1) is 12.7. The summed E-state index contributed by atoms with van der Waals surface area (Å²) in [5.74, 6) is -0.841. The first-order valence-electron chi connectivity index (χ1n) is 5.59. The van der Waals surface area contributed by atoms with E-state index in [0.29, 0.717) is 0 Å². The molecule has 8 nitrogen and oxygen atoms in total. The maximum Gasteiger partial charge on any atom is 0.333 e. The van der Waals surface area contributed by atoms with Crippen molar-refractivity contribution in [3.8, 4) is 0 Å². The Bertz CT molecular complexity index is 450. The maximum atomic E-state index is 11.1. The molecular weight excluding hydrogens is 266 g/mol. The molecule has 0 saturated carbocycles. The number of hydrogen-bond acceptors (Lipinski definition) is 7. The molecule has 3 aliphatic heterocycles. The predicted molar refractivity (Wildman–Crippen MR) is 56.4 cm³/mol. The molecule has 0 aromatic heterocycles. The highest BCUT2D eigenvalue weighted by molar-refractivity contribution is 7.84. The van der Waals surface area contributed by atoms with Crippen molar-refractivity contribution in [3.05, 3.63) is 0 Å². The van der Waals surface area contributed by atoms with E-state index in [1.165, 1.54) is 0 Å². The van der Waals surface area contributed by atoms with Gasteiger partial charge in [-0.25, -0.2) is 9.32 Å². The van der Waals surface area contributed by atoms with Crippen molar-refractivity contribution >= 4 is 10.3 Å². The van der Waals surface area contributed by atoms with E-state index in [-0.39, 0.29) is 6.61 Å². The second-order valence-electron chi connectivity index (χ2n) is 4.99. The lowest BCUT2D eigenvalue weighted by Gasteiger charge is -2.33. The normalized spacial score (nSPS) is 46.1. The van der Waals surface area contributed by atoms with Gasteiger partial charge in [-0.1, -0.05) is 0 Å². The van der Waals surface area contributed by atoms with Gasteiger partial charge in [0.15, 0.2) is 12.1 Å². The zero-order valence-corrected chi connectivity index (χ0v) is 10.8. The Morgan fingerprint density at radius 3 is 2.61 bits per heavy atom. The molecule has 3 saturated heterocycles. The highest BCUT2D eigenvalue weighted by Crippen LogP contribution is 2.41. The minimum atomic E-state index is -4.10. The SMILES string of the molecule is CC1(C)O[C@@H]2[C@H](O1)[C@@H]1OC[C@@H](O1)[C@H]2OS(N)(=O)=O. The molecule has 3 fully saturated rings. The molecule has 0 spiro atoms. The summed E-state index contributed by atoms with van der Waals surface area (Å²) in [4.78, 5) is 0. The number of hydrogen-bond donors (Lipinski definition) is 1. The van der Waals surface area contributed by atoms with Crippen LogP contribution in [0.3, 0.4) is 0 Å². The van der Waals surface area contributed by atoms with Gasteiger partial charge in [-0.3, -0.25) is 0 Å². The van der Waals surface area contributed by atoms with Gasteiger partial charge in [0.25, 0.3) is 0 Å². The number of nitrogens with two attached hydrogens (primary N) is 1. The molecule has 9 heteroatoms. The fourth-order valence-electron chi connectivity index (χ4n) is 2.55. The van der Waals surface area contributed by atoms with E-state index in [4.69, 9.17) is 28.3 Å². The zero-order valence-electron chi connectivity index (χ0n) is 9.94. The number of ether oxygens (including phenoxy) is 4. The minimum Gasteiger partial charge on any atom is -0.347 e. The van der Waals surface area contributed by atoms with E-state index < -0.39 is 46.8 Å². The van der Waals surface area contributed by atoms with Crippen molar-refractivity contribution < 1.29 is 31.5 Å². The van der Waals surface area contributed by atoms with Crippen LogP contribution in [0.1, 0.15) is 13.8 Å². The molecule has 104 valence electrons. The third-order valence-electron chi connectivity index (χ3n) is 3.10. The summed E-state index contributed by atoms with van der Waals surface area (Å²) in [5.41, 5.74) is 0. The molecule has 3 heterocycles. The molecule has 2 N–H and O–H groups in total. The lowest BCUT2D eigenvalue weighted by atomic mass is 10.0. The summed E-state index contributed by atoms with van der Waals surface area (Å²) in [5, 5.41) is 4.90. The Balaban J connectivity index is 1.88. The van der Waals surface area contributed by atoms with E-state index in [1.54, 1.807) is 13.8 Å². The van der Waals surface area contributed by atoms with Crippen LogP contribution < -0.4 is 5.14 Å². The van der Waals surface area contributed by atoms with Gasteiger partial charge in [-0.2, -0.15) is 8.42 Å². The molecule has 18 heavy (non-hydrogen) atoms. The minimum absolute atomic E-state index is 0.227. The highest BCUT2D eigenvalue weighted by atomic mass is 32.2. The van der Waals surface area contributed by atoms with E-state index in [2.05, 4.69) is 0 Å². The summed E-state index contributed by atoms with van der Waals surface area (Å²) < 4.78 is 49.2.